The molecular weight excluding hydrogens is 346 g/mol. The summed E-state index contributed by atoms with van der Waals surface area (Å²) >= 11 is 0. The van der Waals surface area contributed by atoms with E-state index in [2.05, 4.69) is 15.3 Å². The van der Waals surface area contributed by atoms with Gasteiger partial charge in [0.15, 0.2) is 17.3 Å². The summed E-state index contributed by atoms with van der Waals surface area (Å²) in [7, 11) is 3.13. The minimum atomic E-state index is -0.506. The van der Waals surface area contributed by atoms with E-state index in [0.29, 0.717) is 28.4 Å². The van der Waals surface area contributed by atoms with E-state index in [1.54, 1.807) is 44.6 Å². The van der Waals surface area contributed by atoms with Crippen LogP contribution in [0.25, 0.3) is 10.9 Å². The van der Waals surface area contributed by atoms with Crippen molar-refractivity contribution in [3.8, 4) is 11.5 Å². The van der Waals surface area contributed by atoms with Gasteiger partial charge in [0.1, 0.15) is 12.1 Å². The van der Waals surface area contributed by atoms with Crippen LogP contribution in [-0.2, 0) is 4.79 Å². The number of hydrogen-bond acceptors (Lipinski definition) is 7. The van der Waals surface area contributed by atoms with Gasteiger partial charge in [-0.2, -0.15) is 0 Å². The first-order valence-electron chi connectivity index (χ1n) is 8.24. The molecule has 0 aliphatic heterocycles. The van der Waals surface area contributed by atoms with Crippen molar-refractivity contribution in [1.82, 2.24) is 9.97 Å². The molecule has 7 heteroatoms. The van der Waals surface area contributed by atoms with Crippen molar-refractivity contribution >= 4 is 34.0 Å². The van der Waals surface area contributed by atoms with Gasteiger partial charge < -0.3 is 14.8 Å². The lowest BCUT2D eigenvalue weighted by atomic mass is 10.0. The summed E-state index contributed by atoms with van der Waals surface area (Å²) in [5.74, 6) is 0.751. The number of aromatic nitrogens is 2. The molecular formula is C20H19N3O4. The Labute approximate surface area is 156 Å². The molecule has 0 radical (unpaired) electrons. The molecule has 0 fully saturated rings. The predicted molar refractivity (Wildman–Crippen MR) is 102 cm³/mol. The van der Waals surface area contributed by atoms with Gasteiger partial charge in [-0.25, -0.2) is 9.97 Å². The molecule has 0 saturated carbocycles. The number of ketones is 2. The standard InChI is InChI=1S/C20H19N3O4/c1-11-7-13(19(25)12(2)24)5-6-15(11)23-20-14-8-17(26-3)18(27-4)9-16(14)21-10-22-20/h5-10H,1-4H3,(H,21,22,23). The number of Topliss-reactive ketones (excluding diaryl/α,β-unsaturated/α-hetero) is 2. The maximum Gasteiger partial charge on any atom is 0.228 e. The van der Waals surface area contributed by atoms with Gasteiger partial charge >= 0.3 is 0 Å². The zero-order valence-corrected chi connectivity index (χ0v) is 15.5. The summed E-state index contributed by atoms with van der Waals surface area (Å²) in [6, 6.07) is 8.63. The summed E-state index contributed by atoms with van der Waals surface area (Å²) in [6.07, 6.45) is 1.46. The number of benzene rings is 2. The predicted octanol–water partition coefficient (Wildman–Crippen LogP) is 3.47. The minimum Gasteiger partial charge on any atom is -0.493 e. The van der Waals surface area contributed by atoms with Gasteiger partial charge in [-0.1, -0.05) is 0 Å². The van der Waals surface area contributed by atoms with Crippen LogP contribution in [0.2, 0.25) is 0 Å². The molecule has 1 N–H and O–H groups in total. The molecule has 0 aliphatic carbocycles. The van der Waals surface area contributed by atoms with Crippen molar-refractivity contribution in [3.05, 3.63) is 47.8 Å². The summed E-state index contributed by atoms with van der Waals surface area (Å²) in [6.45, 7) is 3.12. The van der Waals surface area contributed by atoms with E-state index in [1.165, 1.54) is 13.3 Å². The number of hydrogen-bond donors (Lipinski definition) is 1. The number of anilines is 2. The van der Waals surface area contributed by atoms with Crippen LogP contribution in [0.4, 0.5) is 11.5 Å². The number of aryl methyl sites for hydroxylation is 1. The quantitative estimate of drug-likeness (QED) is 0.528. The van der Waals surface area contributed by atoms with Crippen molar-refractivity contribution in [1.29, 1.82) is 0 Å². The van der Waals surface area contributed by atoms with E-state index in [9.17, 15) is 9.59 Å². The molecule has 2 aromatic carbocycles. The van der Waals surface area contributed by atoms with Crippen LogP contribution in [0.5, 0.6) is 11.5 Å². The van der Waals surface area contributed by atoms with Gasteiger partial charge in [0.2, 0.25) is 5.78 Å². The lowest BCUT2D eigenvalue weighted by Crippen LogP contribution is -2.10. The zero-order valence-electron chi connectivity index (χ0n) is 15.5. The first kappa shape index (κ1) is 18.3. The molecule has 27 heavy (non-hydrogen) atoms. The van der Waals surface area contributed by atoms with Crippen LogP contribution in [0.15, 0.2) is 36.7 Å². The van der Waals surface area contributed by atoms with Gasteiger partial charge in [0.25, 0.3) is 0 Å². The molecule has 0 spiro atoms. The summed E-state index contributed by atoms with van der Waals surface area (Å²) in [4.78, 5) is 31.7. The number of nitrogens with one attached hydrogen (secondary N) is 1. The van der Waals surface area contributed by atoms with Gasteiger partial charge in [-0.15, -0.1) is 0 Å². The van der Waals surface area contributed by atoms with Gasteiger partial charge in [0.05, 0.1) is 19.7 Å². The third-order valence-electron chi connectivity index (χ3n) is 4.20. The Morgan fingerprint density at radius 3 is 2.33 bits per heavy atom. The van der Waals surface area contributed by atoms with Crippen LogP contribution in [0, 0.1) is 6.92 Å². The van der Waals surface area contributed by atoms with Gasteiger partial charge in [-0.3, -0.25) is 9.59 Å². The van der Waals surface area contributed by atoms with Crippen LogP contribution in [0.3, 0.4) is 0 Å². The lowest BCUT2D eigenvalue weighted by Gasteiger charge is -2.13. The fourth-order valence-corrected chi connectivity index (χ4v) is 2.76. The van der Waals surface area contributed by atoms with Crippen molar-refractivity contribution in [2.75, 3.05) is 19.5 Å². The fraction of sp³-hybridized carbons (Fsp3) is 0.200. The topological polar surface area (TPSA) is 90.4 Å². The van der Waals surface area contributed by atoms with E-state index in [4.69, 9.17) is 9.47 Å². The smallest absolute Gasteiger partial charge is 0.228 e. The van der Waals surface area contributed by atoms with Crippen LogP contribution in [0.1, 0.15) is 22.8 Å². The highest BCUT2D eigenvalue weighted by Crippen LogP contribution is 2.34. The number of rotatable bonds is 6. The molecule has 3 aromatic rings. The molecule has 0 bridgehead atoms. The molecule has 1 heterocycles. The number of fused-ring (bicyclic) bond motifs is 1. The van der Waals surface area contributed by atoms with Crippen LogP contribution >= 0.6 is 0 Å². The van der Waals surface area contributed by atoms with Crippen molar-refractivity contribution in [3.63, 3.8) is 0 Å². The number of nitrogens with zero attached hydrogens (tertiary/aromatic N) is 2. The second-order valence-electron chi connectivity index (χ2n) is 5.99. The second-order valence-corrected chi connectivity index (χ2v) is 5.99. The zero-order chi connectivity index (χ0) is 19.6. The third-order valence-corrected chi connectivity index (χ3v) is 4.20. The monoisotopic (exact) mass is 365 g/mol. The molecule has 0 aliphatic rings. The van der Waals surface area contributed by atoms with E-state index in [-0.39, 0.29) is 0 Å². The largest absolute Gasteiger partial charge is 0.493 e. The fourth-order valence-electron chi connectivity index (χ4n) is 2.76. The Hall–Kier alpha value is -3.48. The maximum absolute atomic E-state index is 11.9. The highest BCUT2D eigenvalue weighted by atomic mass is 16.5. The lowest BCUT2D eigenvalue weighted by molar-refractivity contribution is -0.113. The number of methoxy groups -OCH3 is 2. The van der Waals surface area contributed by atoms with Crippen molar-refractivity contribution in [2.24, 2.45) is 0 Å². The summed E-state index contributed by atoms with van der Waals surface area (Å²) < 4.78 is 10.7. The van der Waals surface area contributed by atoms with E-state index in [1.807, 2.05) is 6.92 Å². The first-order chi connectivity index (χ1) is 12.9. The van der Waals surface area contributed by atoms with Crippen LogP contribution in [-0.4, -0.2) is 35.8 Å². The average molecular weight is 365 g/mol. The number of carbonyl (C=O) groups is 2. The molecule has 3 rings (SSSR count). The Balaban J connectivity index is 2.02. The third kappa shape index (κ3) is 3.57. The highest BCUT2D eigenvalue weighted by molar-refractivity contribution is 6.42. The van der Waals surface area contributed by atoms with E-state index in [0.717, 1.165) is 16.6 Å². The summed E-state index contributed by atoms with van der Waals surface area (Å²) in [5.41, 5.74) is 2.65. The Morgan fingerprint density at radius 2 is 1.70 bits per heavy atom. The SMILES string of the molecule is COc1cc2ncnc(Nc3ccc(C(=O)C(C)=O)cc3C)c2cc1OC. The molecule has 0 amide bonds. The summed E-state index contributed by atoms with van der Waals surface area (Å²) in [5, 5.41) is 4.02. The second kappa shape index (κ2) is 7.41. The Bertz CT molecular complexity index is 1050. The highest BCUT2D eigenvalue weighted by Gasteiger charge is 2.14. The molecule has 0 atom stereocenters. The molecule has 1 aromatic heterocycles. The van der Waals surface area contributed by atoms with Gasteiger partial charge in [-0.05, 0) is 36.8 Å². The van der Waals surface area contributed by atoms with E-state index < -0.39 is 11.6 Å². The molecule has 138 valence electrons. The maximum atomic E-state index is 11.9. The molecule has 0 saturated heterocycles. The van der Waals surface area contributed by atoms with Crippen molar-refractivity contribution < 1.29 is 19.1 Å². The first-order valence-corrected chi connectivity index (χ1v) is 8.24. The number of ether oxygens (including phenoxy) is 2. The average Bonchev–Trinajstić information content (AvgIpc) is 2.67. The molecule has 0 unspecified atom stereocenters. The van der Waals surface area contributed by atoms with E-state index >= 15 is 0 Å². The molecule has 7 nitrogen and oxygen atoms in total. The number of carbonyl (C=O) groups excluding carboxylic acids is 2. The Kier molecular flexibility index (Phi) is 5.03. The van der Waals surface area contributed by atoms with Gasteiger partial charge in [0, 0.05) is 29.6 Å². The minimum absolute atomic E-state index is 0.365. The van der Waals surface area contributed by atoms with Crippen LogP contribution < -0.4 is 14.8 Å². The Morgan fingerprint density at radius 1 is 1.00 bits per heavy atom. The van der Waals surface area contributed by atoms with Crippen molar-refractivity contribution in [2.45, 2.75) is 13.8 Å². The normalized spacial score (nSPS) is 10.5.